The van der Waals surface area contributed by atoms with Gasteiger partial charge in [0.2, 0.25) is 0 Å². The molecule has 1 rings (SSSR count). The maximum absolute atomic E-state index is 10.4. The summed E-state index contributed by atoms with van der Waals surface area (Å²) in [6.45, 7) is 0. The molecule has 0 spiro atoms. The van der Waals surface area contributed by atoms with Crippen molar-refractivity contribution in [2.75, 3.05) is 7.11 Å². The van der Waals surface area contributed by atoms with Gasteiger partial charge >= 0.3 is 5.97 Å². The van der Waals surface area contributed by atoms with Crippen molar-refractivity contribution in [2.45, 2.75) is 6.42 Å². The number of hydrogen-bond donors (Lipinski definition) is 1. The molecule has 0 radical (unpaired) electrons. The monoisotopic (exact) mass is 200 g/mol. The Labute approximate surface area is 80.9 Å². The minimum absolute atomic E-state index is 0.0796. The minimum atomic E-state index is -0.902. The predicted octanol–water partition coefficient (Wildman–Crippen LogP) is 1.98. The summed E-state index contributed by atoms with van der Waals surface area (Å²) in [7, 11) is 1.49. The third kappa shape index (κ3) is 2.63. The lowest BCUT2D eigenvalue weighted by molar-refractivity contribution is -0.136. The first kappa shape index (κ1) is 9.86. The van der Waals surface area contributed by atoms with Gasteiger partial charge in [-0.15, -0.1) is 0 Å². The van der Waals surface area contributed by atoms with Crippen molar-refractivity contribution in [3.63, 3.8) is 0 Å². The van der Waals surface area contributed by atoms with Crippen molar-refractivity contribution in [3.05, 3.63) is 28.8 Å². The summed E-state index contributed by atoms with van der Waals surface area (Å²) < 4.78 is 4.98. The fraction of sp³-hybridized carbons (Fsp3) is 0.222. The van der Waals surface area contributed by atoms with Crippen molar-refractivity contribution in [1.82, 2.24) is 0 Å². The number of rotatable bonds is 3. The van der Waals surface area contributed by atoms with E-state index in [1.165, 1.54) is 7.11 Å². The molecular weight excluding hydrogens is 192 g/mol. The highest BCUT2D eigenvalue weighted by molar-refractivity contribution is 6.30. The molecule has 0 atom stereocenters. The second-order valence-electron chi connectivity index (χ2n) is 2.53. The number of ether oxygens (including phenoxy) is 1. The lowest BCUT2D eigenvalue weighted by Gasteiger charge is -2.05. The Kier molecular flexibility index (Phi) is 3.14. The van der Waals surface area contributed by atoms with Crippen LogP contribution in [0.1, 0.15) is 5.56 Å². The van der Waals surface area contributed by atoms with Crippen LogP contribution in [0.25, 0.3) is 0 Å². The lowest BCUT2D eigenvalue weighted by atomic mass is 10.1. The van der Waals surface area contributed by atoms with E-state index in [-0.39, 0.29) is 6.42 Å². The number of halogens is 1. The standard InChI is InChI=1S/C9H9ClO3/c1-13-8-3-2-7(10)4-6(8)5-9(11)12/h2-4H,5H2,1H3,(H,11,12). The van der Waals surface area contributed by atoms with Crippen molar-refractivity contribution < 1.29 is 14.6 Å². The fourth-order valence-corrected chi connectivity index (χ4v) is 1.24. The van der Waals surface area contributed by atoms with Crippen LogP contribution >= 0.6 is 11.6 Å². The third-order valence-electron chi connectivity index (χ3n) is 1.58. The second kappa shape index (κ2) is 4.14. The molecule has 0 aliphatic rings. The molecule has 1 N–H and O–H groups in total. The molecule has 1 aromatic carbocycles. The molecule has 70 valence electrons. The molecule has 0 amide bonds. The average molecular weight is 201 g/mol. The molecule has 0 aliphatic carbocycles. The summed E-state index contributed by atoms with van der Waals surface area (Å²) in [6, 6.07) is 4.90. The van der Waals surface area contributed by atoms with E-state index in [1.807, 2.05) is 0 Å². The van der Waals surface area contributed by atoms with Crippen LogP contribution in [0.5, 0.6) is 5.75 Å². The van der Waals surface area contributed by atoms with Gasteiger partial charge in [0.1, 0.15) is 5.75 Å². The molecule has 0 aromatic heterocycles. The van der Waals surface area contributed by atoms with Gasteiger partial charge in [0, 0.05) is 10.6 Å². The third-order valence-corrected chi connectivity index (χ3v) is 1.82. The molecule has 13 heavy (non-hydrogen) atoms. The molecule has 0 fully saturated rings. The predicted molar refractivity (Wildman–Crippen MR) is 49.3 cm³/mol. The van der Waals surface area contributed by atoms with E-state index >= 15 is 0 Å². The summed E-state index contributed by atoms with van der Waals surface area (Å²) in [5, 5.41) is 9.09. The van der Waals surface area contributed by atoms with Gasteiger partial charge in [-0.25, -0.2) is 0 Å². The Morgan fingerprint density at radius 2 is 2.31 bits per heavy atom. The zero-order valence-corrected chi connectivity index (χ0v) is 7.84. The number of carboxylic acids is 1. The molecule has 0 saturated carbocycles. The molecular formula is C9H9ClO3. The van der Waals surface area contributed by atoms with Crippen LogP contribution in [0.4, 0.5) is 0 Å². The summed E-state index contributed by atoms with van der Waals surface area (Å²) in [4.78, 5) is 10.4. The number of carboxylic acid groups (broad SMARTS) is 1. The molecule has 4 heteroatoms. The van der Waals surface area contributed by atoms with Crippen molar-refractivity contribution in [3.8, 4) is 5.75 Å². The Morgan fingerprint density at radius 1 is 1.62 bits per heavy atom. The average Bonchev–Trinajstić information content (AvgIpc) is 2.03. The van der Waals surface area contributed by atoms with Gasteiger partial charge in [-0.3, -0.25) is 4.79 Å². The number of carbonyl (C=O) groups is 1. The molecule has 3 nitrogen and oxygen atoms in total. The van der Waals surface area contributed by atoms with Gasteiger partial charge in [0.05, 0.1) is 13.5 Å². The summed E-state index contributed by atoms with van der Waals surface area (Å²) in [5.74, 6) is -0.354. The van der Waals surface area contributed by atoms with Crippen molar-refractivity contribution in [2.24, 2.45) is 0 Å². The summed E-state index contributed by atoms with van der Waals surface area (Å²) in [5.41, 5.74) is 0.586. The van der Waals surface area contributed by atoms with E-state index in [9.17, 15) is 4.79 Å². The van der Waals surface area contributed by atoms with Crippen LogP contribution in [0, 0.1) is 0 Å². The lowest BCUT2D eigenvalue weighted by Crippen LogP contribution is -2.02. The largest absolute Gasteiger partial charge is 0.496 e. The Balaban J connectivity index is 3.01. The van der Waals surface area contributed by atoms with Gasteiger partial charge in [-0.1, -0.05) is 11.6 Å². The number of aliphatic carboxylic acids is 1. The maximum Gasteiger partial charge on any atom is 0.307 e. The highest BCUT2D eigenvalue weighted by Gasteiger charge is 2.07. The van der Waals surface area contributed by atoms with Crippen LogP contribution in [-0.2, 0) is 11.2 Å². The number of benzene rings is 1. The molecule has 1 aromatic rings. The first-order valence-corrected chi connectivity index (χ1v) is 4.05. The van der Waals surface area contributed by atoms with Crippen LogP contribution < -0.4 is 4.74 Å². The zero-order chi connectivity index (χ0) is 9.84. The molecule has 0 heterocycles. The van der Waals surface area contributed by atoms with Crippen LogP contribution in [0.15, 0.2) is 18.2 Å². The number of methoxy groups -OCH3 is 1. The Bertz CT molecular complexity index is 323. The summed E-state index contributed by atoms with van der Waals surface area (Å²) in [6.07, 6.45) is -0.0796. The molecule has 0 aliphatic heterocycles. The molecule has 0 unspecified atom stereocenters. The number of hydrogen-bond acceptors (Lipinski definition) is 2. The fourth-order valence-electron chi connectivity index (χ4n) is 1.05. The zero-order valence-electron chi connectivity index (χ0n) is 7.08. The topological polar surface area (TPSA) is 46.5 Å². The highest BCUT2D eigenvalue weighted by atomic mass is 35.5. The normalized spacial score (nSPS) is 9.69. The highest BCUT2D eigenvalue weighted by Crippen LogP contribution is 2.22. The van der Waals surface area contributed by atoms with Gasteiger partial charge in [-0.05, 0) is 18.2 Å². The van der Waals surface area contributed by atoms with Crippen molar-refractivity contribution >= 4 is 17.6 Å². The van der Waals surface area contributed by atoms with Gasteiger partial charge < -0.3 is 9.84 Å². The van der Waals surface area contributed by atoms with Gasteiger partial charge in [0.15, 0.2) is 0 Å². The molecule has 0 saturated heterocycles. The SMILES string of the molecule is COc1ccc(Cl)cc1CC(=O)O. The van der Waals surface area contributed by atoms with Crippen LogP contribution in [0.3, 0.4) is 0 Å². The Hall–Kier alpha value is -1.22. The van der Waals surface area contributed by atoms with Crippen molar-refractivity contribution in [1.29, 1.82) is 0 Å². The van der Waals surface area contributed by atoms with E-state index in [4.69, 9.17) is 21.4 Å². The maximum atomic E-state index is 10.4. The quantitative estimate of drug-likeness (QED) is 0.812. The molecule has 0 bridgehead atoms. The van der Waals surface area contributed by atoms with Crippen LogP contribution in [0.2, 0.25) is 5.02 Å². The van der Waals surface area contributed by atoms with Gasteiger partial charge in [-0.2, -0.15) is 0 Å². The first-order chi connectivity index (χ1) is 6.13. The first-order valence-electron chi connectivity index (χ1n) is 3.67. The van der Waals surface area contributed by atoms with Crippen LogP contribution in [-0.4, -0.2) is 18.2 Å². The van der Waals surface area contributed by atoms with E-state index in [0.717, 1.165) is 0 Å². The van der Waals surface area contributed by atoms with Gasteiger partial charge in [0.25, 0.3) is 0 Å². The second-order valence-corrected chi connectivity index (χ2v) is 2.96. The van der Waals surface area contributed by atoms with E-state index in [0.29, 0.717) is 16.3 Å². The van der Waals surface area contributed by atoms with E-state index < -0.39 is 5.97 Å². The minimum Gasteiger partial charge on any atom is -0.496 e. The summed E-state index contributed by atoms with van der Waals surface area (Å²) >= 11 is 5.71. The van der Waals surface area contributed by atoms with E-state index in [1.54, 1.807) is 18.2 Å². The van der Waals surface area contributed by atoms with E-state index in [2.05, 4.69) is 0 Å². The Morgan fingerprint density at radius 3 is 2.85 bits per heavy atom. The smallest absolute Gasteiger partial charge is 0.307 e.